The van der Waals surface area contributed by atoms with Crippen LogP contribution in [0.2, 0.25) is 0 Å². The van der Waals surface area contributed by atoms with Crippen LogP contribution in [0.25, 0.3) is 0 Å². The minimum Gasteiger partial charge on any atom is -0.392 e. The molecule has 0 spiro atoms. The summed E-state index contributed by atoms with van der Waals surface area (Å²) in [5.74, 6) is -0.721. The van der Waals surface area contributed by atoms with Crippen LogP contribution in [0.3, 0.4) is 0 Å². The Kier molecular flexibility index (Phi) is 2.18. The summed E-state index contributed by atoms with van der Waals surface area (Å²) >= 11 is 2.26. The monoisotopic (exact) mass is 308 g/mol. The molecule has 1 aliphatic heterocycles. The van der Waals surface area contributed by atoms with E-state index in [2.05, 4.69) is 22.6 Å². The Morgan fingerprint density at radius 1 is 1.50 bits per heavy atom. The minimum atomic E-state index is -0.452. The summed E-state index contributed by atoms with van der Waals surface area (Å²) < 4.78 is 5.62. The number of cyclic esters (lactones) is 2. The summed E-state index contributed by atoms with van der Waals surface area (Å²) in [6.07, 6.45) is 1.57. The number of alkyl halides is 1. The number of esters is 2. The quantitative estimate of drug-likeness (QED) is 0.322. The Morgan fingerprint density at radius 3 is 2.71 bits per heavy atom. The van der Waals surface area contributed by atoms with E-state index in [0.717, 1.165) is 17.3 Å². The number of hydrogen-bond acceptors (Lipinski definition) is 3. The Bertz CT molecular complexity index is 314. The molecule has 2 unspecified atom stereocenters. The highest BCUT2D eigenvalue weighted by Gasteiger charge is 2.65. The van der Waals surface area contributed by atoms with E-state index in [-0.39, 0.29) is 23.3 Å². The summed E-state index contributed by atoms with van der Waals surface area (Å²) in [6.45, 7) is 3.97. The van der Waals surface area contributed by atoms with Gasteiger partial charge in [-0.1, -0.05) is 29.5 Å². The van der Waals surface area contributed by atoms with Crippen LogP contribution < -0.4 is 0 Å². The molecule has 0 amide bonds. The molecule has 2 fully saturated rings. The largest absolute Gasteiger partial charge is 0.392 e. The summed E-state index contributed by atoms with van der Waals surface area (Å²) in [6, 6.07) is 0. The molecule has 1 heterocycles. The fourth-order valence-corrected chi connectivity index (χ4v) is 4.02. The van der Waals surface area contributed by atoms with E-state index in [9.17, 15) is 9.59 Å². The standard InChI is InChI=1S/C10H13IO3/c1-9-4-3-6(10(9,2)5-11)7(12)14-8(9)13/h6H,3-5H2,1-2H3/t6?,9-,10?/m1/s1. The van der Waals surface area contributed by atoms with Crippen molar-refractivity contribution in [1.82, 2.24) is 0 Å². The number of carbonyl (C=O) groups excluding carboxylic acids is 2. The predicted octanol–water partition coefficient (Wildman–Crippen LogP) is 1.93. The lowest BCUT2D eigenvalue weighted by molar-refractivity contribution is -0.184. The van der Waals surface area contributed by atoms with E-state index in [1.54, 1.807) is 0 Å². The van der Waals surface area contributed by atoms with E-state index in [4.69, 9.17) is 4.74 Å². The van der Waals surface area contributed by atoms with Crippen LogP contribution in [0, 0.1) is 16.7 Å². The van der Waals surface area contributed by atoms with Gasteiger partial charge in [0.1, 0.15) is 0 Å². The van der Waals surface area contributed by atoms with Crippen LogP contribution in [-0.2, 0) is 14.3 Å². The van der Waals surface area contributed by atoms with Gasteiger partial charge in [0.2, 0.25) is 0 Å². The van der Waals surface area contributed by atoms with E-state index in [1.165, 1.54) is 0 Å². The topological polar surface area (TPSA) is 43.4 Å². The molecule has 2 rings (SSSR count). The number of carbonyl (C=O) groups is 2. The molecular formula is C10H13IO3. The molecule has 0 aromatic heterocycles. The molecule has 3 nitrogen and oxygen atoms in total. The maximum Gasteiger partial charge on any atom is 0.320 e. The van der Waals surface area contributed by atoms with Crippen molar-refractivity contribution in [2.45, 2.75) is 26.7 Å². The SMILES string of the molecule is CC1(CI)C2CC[C@]1(C)C(=O)OC2=O. The molecule has 0 radical (unpaired) electrons. The molecule has 1 saturated carbocycles. The molecule has 78 valence electrons. The fraction of sp³-hybridized carbons (Fsp3) is 0.800. The van der Waals surface area contributed by atoms with Crippen LogP contribution in [0.5, 0.6) is 0 Å². The van der Waals surface area contributed by atoms with Gasteiger partial charge in [0.15, 0.2) is 0 Å². The van der Waals surface area contributed by atoms with Crippen LogP contribution in [0.4, 0.5) is 0 Å². The maximum atomic E-state index is 11.7. The highest BCUT2D eigenvalue weighted by Crippen LogP contribution is 2.60. The Morgan fingerprint density at radius 2 is 2.14 bits per heavy atom. The van der Waals surface area contributed by atoms with E-state index >= 15 is 0 Å². The van der Waals surface area contributed by atoms with Gasteiger partial charge in [-0.05, 0) is 19.8 Å². The molecule has 0 aromatic carbocycles. The van der Waals surface area contributed by atoms with Crippen molar-refractivity contribution >= 4 is 34.5 Å². The number of rotatable bonds is 1. The summed E-state index contributed by atoms with van der Waals surface area (Å²) in [5.41, 5.74) is -0.660. The average molecular weight is 308 g/mol. The molecule has 4 heteroatoms. The van der Waals surface area contributed by atoms with Crippen molar-refractivity contribution in [3.8, 4) is 0 Å². The van der Waals surface area contributed by atoms with Gasteiger partial charge in [-0.25, -0.2) is 0 Å². The molecular weight excluding hydrogens is 295 g/mol. The Labute approximate surface area is 96.7 Å². The second-order valence-electron chi connectivity index (χ2n) is 4.68. The summed E-state index contributed by atoms with van der Waals surface area (Å²) in [5, 5.41) is 0. The summed E-state index contributed by atoms with van der Waals surface area (Å²) in [4.78, 5) is 23.2. The predicted molar refractivity (Wildman–Crippen MR) is 58.9 cm³/mol. The molecule has 1 saturated heterocycles. The first-order chi connectivity index (χ1) is 6.45. The zero-order valence-electron chi connectivity index (χ0n) is 8.30. The molecule has 0 N–H and O–H groups in total. The molecule has 14 heavy (non-hydrogen) atoms. The van der Waals surface area contributed by atoms with Gasteiger partial charge in [0.05, 0.1) is 11.3 Å². The number of hydrogen-bond donors (Lipinski definition) is 0. The van der Waals surface area contributed by atoms with Gasteiger partial charge in [-0.15, -0.1) is 0 Å². The van der Waals surface area contributed by atoms with Crippen molar-refractivity contribution in [2.75, 3.05) is 4.43 Å². The zero-order valence-corrected chi connectivity index (χ0v) is 10.5. The van der Waals surface area contributed by atoms with Crippen molar-refractivity contribution < 1.29 is 14.3 Å². The van der Waals surface area contributed by atoms with Gasteiger partial charge >= 0.3 is 11.9 Å². The van der Waals surface area contributed by atoms with Crippen LogP contribution in [0.1, 0.15) is 26.7 Å². The first kappa shape index (κ1) is 10.4. The Balaban J connectivity index is 2.51. The molecule has 2 aliphatic rings. The molecule has 2 bridgehead atoms. The van der Waals surface area contributed by atoms with Crippen LogP contribution in [-0.4, -0.2) is 16.4 Å². The number of halogens is 1. The minimum absolute atomic E-state index is 0.0814. The van der Waals surface area contributed by atoms with Gasteiger partial charge in [0, 0.05) is 9.84 Å². The molecule has 3 atom stereocenters. The van der Waals surface area contributed by atoms with E-state index < -0.39 is 5.41 Å². The molecule has 0 aromatic rings. The molecule has 1 aliphatic carbocycles. The third-order valence-corrected chi connectivity index (χ3v) is 5.75. The van der Waals surface area contributed by atoms with Gasteiger partial charge in [-0.3, -0.25) is 9.59 Å². The van der Waals surface area contributed by atoms with E-state index in [1.807, 2.05) is 13.8 Å². The third-order valence-electron chi connectivity index (χ3n) is 4.17. The highest BCUT2D eigenvalue weighted by atomic mass is 127. The van der Waals surface area contributed by atoms with Crippen LogP contribution >= 0.6 is 22.6 Å². The third kappa shape index (κ3) is 0.978. The van der Waals surface area contributed by atoms with Crippen molar-refractivity contribution in [3.63, 3.8) is 0 Å². The lowest BCUT2D eigenvalue weighted by Crippen LogP contribution is -2.52. The smallest absolute Gasteiger partial charge is 0.320 e. The van der Waals surface area contributed by atoms with Crippen molar-refractivity contribution in [3.05, 3.63) is 0 Å². The lowest BCUT2D eigenvalue weighted by atomic mass is 9.64. The van der Waals surface area contributed by atoms with Crippen molar-refractivity contribution in [1.29, 1.82) is 0 Å². The first-order valence-electron chi connectivity index (χ1n) is 4.78. The second-order valence-corrected chi connectivity index (χ2v) is 5.45. The van der Waals surface area contributed by atoms with Gasteiger partial charge in [0.25, 0.3) is 0 Å². The Hall–Kier alpha value is -0.130. The first-order valence-corrected chi connectivity index (χ1v) is 6.30. The van der Waals surface area contributed by atoms with Crippen molar-refractivity contribution in [2.24, 2.45) is 16.7 Å². The normalized spacial score (nSPS) is 46.6. The highest BCUT2D eigenvalue weighted by molar-refractivity contribution is 14.1. The zero-order chi connectivity index (χ0) is 10.6. The van der Waals surface area contributed by atoms with Crippen LogP contribution in [0.15, 0.2) is 0 Å². The number of ether oxygens (including phenoxy) is 1. The summed E-state index contributed by atoms with van der Waals surface area (Å²) in [7, 11) is 0. The second kappa shape index (κ2) is 2.93. The van der Waals surface area contributed by atoms with E-state index in [0.29, 0.717) is 0 Å². The fourth-order valence-electron chi connectivity index (χ4n) is 2.65. The van der Waals surface area contributed by atoms with Gasteiger partial charge < -0.3 is 4.74 Å². The maximum absolute atomic E-state index is 11.7. The lowest BCUT2D eigenvalue weighted by Gasteiger charge is -2.43. The average Bonchev–Trinajstić information content (AvgIpc) is 2.34. The number of fused-ring (bicyclic) bond motifs is 2. The van der Waals surface area contributed by atoms with Gasteiger partial charge in [-0.2, -0.15) is 0 Å².